The zero-order valence-corrected chi connectivity index (χ0v) is 21.1. The molecule has 0 unspecified atom stereocenters. The summed E-state index contributed by atoms with van der Waals surface area (Å²) in [4.78, 5) is 18.3. The van der Waals surface area contributed by atoms with E-state index in [0.29, 0.717) is 22.4 Å². The maximum absolute atomic E-state index is 13.8. The summed E-state index contributed by atoms with van der Waals surface area (Å²) in [6.45, 7) is 5.86. The Morgan fingerprint density at radius 1 is 1.06 bits per heavy atom. The average molecular weight is 500 g/mol. The molecule has 0 saturated carbocycles. The van der Waals surface area contributed by atoms with Crippen LogP contribution in [0.2, 0.25) is 0 Å². The zero-order chi connectivity index (χ0) is 25.2. The number of rotatable bonds is 6. The topological polar surface area (TPSA) is 71.8 Å². The second-order valence-corrected chi connectivity index (χ2v) is 9.77. The van der Waals surface area contributed by atoms with Crippen molar-refractivity contribution in [2.45, 2.75) is 37.7 Å². The number of aryl methyl sites for hydroxylation is 2. The number of hydrogen-bond acceptors (Lipinski definition) is 5. The van der Waals surface area contributed by atoms with Gasteiger partial charge in [0, 0.05) is 17.1 Å². The number of thioether (sulfide) groups is 1. The van der Waals surface area contributed by atoms with Gasteiger partial charge in [-0.3, -0.25) is 4.79 Å². The number of carbonyl (C=O) groups excluding carboxylic acids is 1. The third-order valence-electron chi connectivity index (χ3n) is 6.11. The molecule has 1 aromatic heterocycles. The Balaban J connectivity index is 1.49. The molecular formula is C28H26FN5OS. The van der Waals surface area contributed by atoms with Crippen LogP contribution < -0.4 is 10.6 Å². The standard InChI is InChI=1S/C28H26FN5OS/c1-17-7-6-9-20(15-17)16-36-28-32-27-30-19(3)24(26(35)31-23-10-5-4-8-18(23)2)25(34(27)33-28)21-11-13-22(29)14-12-21/h4-15,25H,16H2,1-3H3,(H,31,35)(H,30,32,33)/t25-/m1/s1. The lowest BCUT2D eigenvalue weighted by Crippen LogP contribution is -2.31. The van der Waals surface area contributed by atoms with Crippen LogP contribution in [0.15, 0.2) is 89.2 Å². The maximum atomic E-state index is 13.8. The largest absolute Gasteiger partial charge is 0.328 e. The van der Waals surface area contributed by atoms with Crippen molar-refractivity contribution in [2.24, 2.45) is 0 Å². The van der Waals surface area contributed by atoms with Gasteiger partial charge in [0.05, 0.1) is 5.57 Å². The lowest BCUT2D eigenvalue weighted by atomic mass is 9.95. The third-order valence-corrected chi connectivity index (χ3v) is 7.02. The van der Waals surface area contributed by atoms with Gasteiger partial charge in [0.25, 0.3) is 5.91 Å². The fourth-order valence-electron chi connectivity index (χ4n) is 4.29. The van der Waals surface area contributed by atoms with Gasteiger partial charge in [0.1, 0.15) is 11.9 Å². The highest BCUT2D eigenvalue weighted by atomic mass is 32.2. The van der Waals surface area contributed by atoms with Crippen LogP contribution in [0.5, 0.6) is 0 Å². The smallest absolute Gasteiger partial charge is 0.255 e. The lowest BCUT2D eigenvalue weighted by molar-refractivity contribution is -0.113. The van der Waals surface area contributed by atoms with Gasteiger partial charge in [-0.15, -0.1) is 5.10 Å². The molecule has 0 spiro atoms. The SMILES string of the molecule is CC1=C(C(=O)Nc2ccccc2C)[C@@H](c2ccc(F)cc2)n2nc(SCc3cccc(C)c3)nc2N1. The van der Waals surface area contributed by atoms with Gasteiger partial charge in [0.2, 0.25) is 11.1 Å². The first-order valence-corrected chi connectivity index (χ1v) is 12.6. The second kappa shape index (κ2) is 9.99. The number of nitrogens with zero attached hydrogens (tertiary/aromatic N) is 3. The molecule has 0 aliphatic carbocycles. The molecule has 2 heterocycles. The molecule has 0 fully saturated rings. The predicted molar refractivity (Wildman–Crippen MR) is 141 cm³/mol. The molecule has 8 heteroatoms. The average Bonchev–Trinajstić information content (AvgIpc) is 3.26. The fourth-order valence-corrected chi connectivity index (χ4v) is 5.06. The summed E-state index contributed by atoms with van der Waals surface area (Å²) >= 11 is 1.53. The number of halogens is 1. The molecular weight excluding hydrogens is 473 g/mol. The highest BCUT2D eigenvalue weighted by Gasteiger charge is 2.34. The van der Waals surface area contributed by atoms with Crippen molar-refractivity contribution in [3.8, 4) is 0 Å². The summed E-state index contributed by atoms with van der Waals surface area (Å²) in [5.74, 6) is 0.673. The molecule has 3 aromatic carbocycles. The maximum Gasteiger partial charge on any atom is 0.255 e. The van der Waals surface area contributed by atoms with E-state index in [1.807, 2.05) is 44.2 Å². The molecule has 1 aliphatic heterocycles. The van der Waals surface area contributed by atoms with Gasteiger partial charge >= 0.3 is 0 Å². The van der Waals surface area contributed by atoms with Gasteiger partial charge in [-0.25, -0.2) is 9.07 Å². The van der Waals surface area contributed by atoms with Crippen LogP contribution >= 0.6 is 11.8 Å². The molecule has 1 atom stereocenters. The second-order valence-electron chi connectivity index (χ2n) is 8.83. The van der Waals surface area contributed by atoms with E-state index in [-0.39, 0.29) is 11.7 Å². The Hall–Kier alpha value is -3.91. The number of allylic oxidation sites excluding steroid dienone is 1. The number of fused-ring (bicyclic) bond motifs is 1. The molecule has 1 amide bonds. The Kier molecular flexibility index (Phi) is 6.61. The normalized spacial score (nSPS) is 14.8. The van der Waals surface area contributed by atoms with Crippen LogP contribution in [0.25, 0.3) is 0 Å². The molecule has 2 N–H and O–H groups in total. The quantitative estimate of drug-likeness (QED) is 0.307. The highest BCUT2D eigenvalue weighted by Crippen LogP contribution is 2.37. The van der Waals surface area contributed by atoms with E-state index in [9.17, 15) is 9.18 Å². The Morgan fingerprint density at radius 3 is 2.58 bits per heavy atom. The summed E-state index contributed by atoms with van der Waals surface area (Å²) < 4.78 is 15.5. The van der Waals surface area contributed by atoms with Crippen LogP contribution in [0.3, 0.4) is 0 Å². The van der Waals surface area contributed by atoms with E-state index < -0.39 is 6.04 Å². The number of para-hydroxylation sites is 1. The summed E-state index contributed by atoms with van der Waals surface area (Å²) in [6.07, 6.45) is 0. The highest BCUT2D eigenvalue weighted by molar-refractivity contribution is 7.98. The summed E-state index contributed by atoms with van der Waals surface area (Å²) in [5, 5.41) is 11.6. The monoisotopic (exact) mass is 499 g/mol. The first-order valence-electron chi connectivity index (χ1n) is 11.6. The number of aromatic nitrogens is 3. The molecule has 0 bridgehead atoms. The van der Waals surface area contributed by atoms with Crippen molar-refractivity contribution >= 4 is 29.3 Å². The molecule has 36 heavy (non-hydrogen) atoms. The molecule has 182 valence electrons. The van der Waals surface area contributed by atoms with Gasteiger partial charge in [-0.05, 0) is 55.7 Å². The van der Waals surface area contributed by atoms with Gasteiger partial charge in [0.15, 0.2) is 0 Å². The summed E-state index contributed by atoms with van der Waals surface area (Å²) in [6, 6.07) is 21.5. The van der Waals surface area contributed by atoms with E-state index in [2.05, 4.69) is 40.7 Å². The van der Waals surface area contributed by atoms with Crippen LogP contribution in [0.1, 0.15) is 35.2 Å². The van der Waals surface area contributed by atoms with E-state index in [1.165, 1.54) is 35.0 Å². The molecule has 5 rings (SSSR count). The molecule has 0 saturated heterocycles. The van der Waals surface area contributed by atoms with E-state index >= 15 is 0 Å². The van der Waals surface area contributed by atoms with Crippen LogP contribution in [-0.4, -0.2) is 20.7 Å². The molecule has 4 aromatic rings. The lowest BCUT2D eigenvalue weighted by Gasteiger charge is -2.28. The summed E-state index contributed by atoms with van der Waals surface area (Å²) in [5.41, 5.74) is 5.99. The predicted octanol–water partition coefficient (Wildman–Crippen LogP) is 6.25. The van der Waals surface area contributed by atoms with Crippen molar-refractivity contribution < 1.29 is 9.18 Å². The Bertz CT molecular complexity index is 1460. The van der Waals surface area contributed by atoms with Crippen molar-refractivity contribution in [3.05, 3.63) is 112 Å². The minimum atomic E-state index is -0.563. The van der Waals surface area contributed by atoms with E-state index in [0.717, 1.165) is 22.6 Å². The molecule has 6 nitrogen and oxygen atoms in total. The first-order chi connectivity index (χ1) is 17.4. The van der Waals surface area contributed by atoms with Crippen LogP contribution in [-0.2, 0) is 10.5 Å². The third kappa shape index (κ3) is 4.90. The first kappa shape index (κ1) is 23.8. The summed E-state index contributed by atoms with van der Waals surface area (Å²) in [7, 11) is 0. The number of carbonyl (C=O) groups is 1. The number of nitrogens with one attached hydrogen (secondary N) is 2. The van der Waals surface area contributed by atoms with Crippen molar-refractivity contribution in [3.63, 3.8) is 0 Å². The fraction of sp³-hybridized carbons (Fsp3) is 0.179. The Labute approximate surface area is 213 Å². The van der Waals surface area contributed by atoms with Gasteiger partial charge in [-0.1, -0.05) is 71.9 Å². The van der Waals surface area contributed by atoms with Crippen molar-refractivity contribution in [1.29, 1.82) is 0 Å². The Morgan fingerprint density at radius 2 is 1.83 bits per heavy atom. The molecule has 0 radical (unpaired) electrons. The van der Waals surface area contributed by atoms with E-state index in [4.69, 9.17) is 5.10 Å². The van der Waals surface area contributed by atoms with Crippen molar-refractivity contribution in [2.75, 3.05) is 10.6 Å². The number of benzene rings is 3. The van der Waals surface area contributed by atoms with E-state index in [1.54, 1.807) is 16.8 Å². The number of amides is 1. The van der Waals surface area contributed by atoms with Crippen molar-refractivity contribution in [1.82, 2.24) is 14.8 Å². The van der Waals surface area contributed by atoms with Crippen LogP contribution in [0.4, 0.5) is 16.0 Å². The number of hydrogen-bond donors (Lipinski definition) is 2. The minimum absolute atomic E-state index is 0.251. The number of anilines is 2. The van der Waals surface area contributed by atoms with Gasteiger partial charge < -0.3 is 10.6 Å². The van der Waals surface area contributed by atoms with Crippen LogP contribution in [0, 0.1) is 19.7 Å². The molecule has 1 aliphatic rings. The van der Waals surface area contributed by atoms with Gasteiger partial charge in [-0.2, -0.15) is 4.98 Å². The zero-order valence-electron chi connectivity index (χ0n) is 20.2. The minimum Gasteiger partial charge on any atom is -0.328 e.